The number of amides is 2. The Balaban J connectivity index is 4.34. The van der Waals surface area contributed by atoms with Crippen LogP contribution in [0.1, 0.15) is 40.0 Å². The Morgan fingerprint density at radius 1 is 1.26 bits per heavy atom. The fourth-order valence-electron chi connectivity index (χ4n) is 1.83. The van der Waals surface area contributed by atoms with Crippen LogP contribution in [0.3, 0.4) is 0 Å². The van der Waals surface area contributed by atoms with Crippen molar-refractivity contribution in [1.82, 2.24) is 10.6 Å². The molecule has 0 aliphatic rings. The van der Waals surface area contributed by atoms with Crippen molar-refractivity contribution in [2.75, 3.05) is 13.7 Å². The number of carboxylic acids is 1. The summed E-state index contributed by atoms with van der Waals surface area (Å²) in [5.41, 5.74) is 0. The number of rotatable bonds is 9. The van der Waals surface area contributed by atoms with Gasteiger partial charge >= 0.3 is 12.0 Å². The highest BCUT2D eigenvalue weighted by Crippen LogP contribution is 2.05. The number of carbonyl (C=O) groups excluding carboxylic acids is 1. The van der Waals surface area contributed by atoms with Crippen LogP contribution in [-0.4, -0.2) is 42.9 Å². The van der Waals surface area contributed by atoms with Gasteiger partial charge in [0.05, 0.1) is 12.6 Å². The smallest absolute Gasteiger partial charge is 0.326 e. The second-order valence-corrected chi connectivity index (χ2v) is 5.08. The summed E-state index contributed by atoms with van der Waals surface area (Å²) in [7, 11) is 1.57. The van der Waals surface area contributed by atoms with Crippen LogP contribution < -0.4 is 10.6 Å². The number of carbonyl (C=O) groups is 2. The average Bonchev–Trinajstić information content (AvgIpc) is 2.27. The largest absolute Gasteiger partial charge is 0.480 e. The molecule has 0 aliphatic carbocycles. The molecular weight excluding hydrogens is 248 g/mol. The molecule has 1 unspecified atom stereocenters. The van der Waals surface area contributed by atoms with Crippen molar-refractivity contribution in [2.24, 2.45) is 5.92 Å². The molecule has 0 aromatic rings. The fraction of sp³-hybridized carbons (Fsp3) is 0.846. The molecule has 112 valence electrons. The Bertz CT molecular complexity index is 276. The summed E-state index contributed by atoms with van der Waals surface area (Å²) in [4.78, 5) is 22.8. The van der Waals surface area contributed by atoms with E-state index >= 15 is 0 Å². The number of methoxy groups -OCH3 is 1. The quantitative estimate of drug-likeness (QED) is 0.596. The molecule has 6 nitrogen and oxygen atoms in total. The van der Waals surface area contributed by atoms with Crippen molar-refractivity contribution in [1.29, 1.82) is 0 Å². The van der Waals surface area contributed by atoms with Crippen molar-refractivity contribution in [3.8, 4) is 0 Å². The molecule has 0 spiro atoms. The molecule has 6 heteroatoms. The first-order valence-electron chi connectivity index (χ1n) is 6.69. The van der Waals surface area contributed by atoms with Crippen molar-refractivity contribution < 1.29 is 19.4 Å². The molecule has 3 N–H and O–H groups in total. The van der Waals surface area contributed by atoms with Gasteiger partial charge in [-0.25, -0.2) is 9.59 Å². The lowest BCUT2D eigenvalue weighted by molar-refractivity contribution is -0.139. The number of aliphatic carboxylic acids is 1. The molecule has 0 heterocycles. The molecule has 19 heavy (non-hydrogen) atoms. The Kier molecular flexibility index (Phi) is 8.95. The van der Waals surface area contributed by atoms with Gasteiger partial charge in [-0.05, 0) is 18.8 Å². The molecule has 0 saturated carbocycles. The third-order valence-electron chi connectivity index (χ3n) is 2.65. The number of hydrogen-bond donors (Lipinski definition) is 3. The number of carboxylic acid groups (broad SMARTS) is 1. The standard InChI is InChI=1S/C13H26N2O4/c1-5-6-10(8-19-4)14-13(18)15-11(12(16)17)7-9(2)3/h9-11H,5-8H2,1-4H3,(H,16,17)(H2,14,15,18)/t10?,11-/m0/s1. The minimum Gasteiger partial charge on any atom is -0.480 e. The van der Waals surface area contributed by atoms with Gasteiger partial charge in [-0.2, -0.15) is 0 Å². The topological polar surface area (TPSA) is 87.7 Å². The van der Waals surface area contributed by atoms with Gasteiger partial charge < -0.3 is 20.5 Å². The minimum absolute atomic E-state index is 0.0940. The van der Waals surface area contributed by atoms with Crippen LogP contribution in [0.2, 0.25) is 0 Å². The average molecular weight is 274 g/mol. The minimum atomic E-state index is -1.01. The van der Waals surface area contributed by atoms with E-state index in [0.717, 1.165) is 12.8 Å². The van der Waals surface area contributed by atoms with Gasteiger partial charge in [-0.1, -0.05) is 27.2 Å². The van der Waals surface area contributed by atoms with E-state index < -0.39 is 18.0 Å². The van der Waals surface area contributed by atoms with Gasteiger partial charge in [0, 0.05) is 7.11 Å². The number of ether oxygens (including phenoxy) is 1. The van der Waals surface area contributed by atoms with Crippen molar-refractivity contribution >= 4 is 12.0 Å². The highest BCUT2D eigenvalue weighted by molar-refractivity contribution is 5.82. The van der Waals surface area contributed by atoms with E-state index in [1.165, 1.54) is 0 Å². The van der Waals surface area contributed by atoms with Crippen molar-refractivity contribution in [2.45, 2.75) is 52.1 Å². The van der Waals surface area contributed by atoms with Gasteiger partial charge in [-0.3, -0.25) is 0 Å². The monoisotopic (exact) mass is 274 g/mol. The lowest BCUT2D eigenvalue weighted by Crippen LogP contribution is -2.50. The SMILES string of the molecule is CCCC(COC)NC(=O)N[C@@H](CC(C)C)C(=O)O. The molecule has 2 atom stereocenters. The first-order valence-corrected chi connectivity index (χ1v) is 6.69. The molecule has 0 aromatic heterocycles. The normalized spacial score (nSPS) is 13.9. The summed E-state index contributed by atoms with van der Waals surface area (Å²) in [5, 5.41) is 14.3. The molecule has 0 rings (SSSR count). The van der Waals surface area contributed by atoms with Crippen molar-refractivity contribution in [3.05, 3.63) is 0 Å². The van der Waals surface area contributed by atoms with E-state index in [-0.39, 0.29) is 12.0 Å². The Hall–Kier alpha value is -1.30. The van der Waals surface area contributed by atoms with Crippen LogP contribution in [0.15, 0.2) is 0 Å². The molecule has 0 aliphatic heterocycles. The van der Waals surface area contributed by atoms with Crippen LogP contribution >= 0.6 is 0 Å². The van der Waals surface area contributed by atoms with Crippen LogP contribution in [0.25, 0.3) is 0 Å². The van der Waals surface area contributed by atoms with Gasteiger partial charge in [-0.15, -0.1) is 0 Å². The fourth-order valence-corrected chi connectivity index (χ4v) is 1.83. The summed E-state index contributed by atoms with van der Waals surface area (Å²) >= 11 is 0. The summed E-state index contributed by atoms with van der Waals surface area (Å²) in [6.45, 7) is 6.27. The zero-order valence-corrected chi connectivity index (χ0v) is 12.2. The predicted octanol–water partition coefficient (Wildman–Crippen LogP) is 1.60. The third kappa shape index (κ3) is 8.42. The first kappa shape index (κ1) is 17.7. The second kappa shape index (κ2) is 9.61. The van der Waals surface area contributed by atoms with E-state index in [2.05, 4.69) is 10.6 Å². The molecule has 0 aromatic carbocycles. The van der Waals surface area contributed by atoms with Crippen LogP contribution in [0.5, 0.6) is 0 Å². The van der Waals surface area contributed by atoms with E-state index in [1.54, 1.807) is 7.11 Å². The number of urea groups is 1. The first-order chi connectivity index (χ1) is 8.90. The zero-order chi connectivity index (χ0) is 14.8. The lowest BCUT2D eigenvalue weighted by atomic mass is 10.0. The lowest BCUT2D eigenvalue weighted by Gasteiger charge is -2.21. The van der Waals surface area contributed by atoms with Gasteiger partial charge in [0.1, 0.15) is 6.04 Å². The summed E-state index contributed by atoms with van der Waals surface area (Å²) < 4.78 is 5.02. The van der Waals surface area contributed by atoms with E-state index in [1.807, 2.05) is 20.8 Å². The molecule has 2 amide bonds. The van der Waals surface area contributed by atoms with Crippen LogP contribution in [0, 0.1) is 5.92 Å². The van der Waals surface area contributed by atoms with Crippen LogP contribution in [0.4, 0.5) is 4.79 Å². The molecular formula is C13H26N2O4. The van der Waals surface area contributed by atoms with Gasteiger partial charge in [0.2, 0.25) is 0 Å². The van der Waals surface area contributed by atoms with Crippen LogP contribution in [-0.2, 0) is 9.53 Å². The summed E-state index contributed by atoms with van der Waals surface area (Å²) in [6.07, 6.45) is 2.12. The summed E-state index contributed by atoms with van der Waals surface area (Å²) in [6, 6.07) is -1.41. The van der Waals surface area contributed by atoms with E-state index in [0.29, 0.717) is 13.0 Å². The second-order valence-electron chi connectivity index (χ2n) is 5.08. The predicted molar refractivity (Wildman–Crippen MR) is 73.1 cm³/mol. The third-order valence-corrected chi connectivity index (χ3v) is 2.65. The maximum Gasteiger partial charge on any atom is 0.326 e. The van der Waals surface area contributed by atoms with Gasteiger partial charge in [0.25, 0.3) is 0 Å². The number of nitrogens with one attached hydrogen (secondary N) is 2. The molecule has 0 radical (unpaired) electrons. The zero-order valence-electron chi connectivity index (χ0n) is 12.2. The van der Waals surface area contributed by atoms with Crippen molar-refractivity contribution in [3.63, 3.8) is 0 Å². The Labute approximate surface area is 114 Å². The highest BCUT2D eigenvalue weighted by Gasteiger charge is 2.22. The molecule has 0 saturated heterocycles. The maximum absolute atomic E-state index is 11.8. The van der Waals surface area contributed by atoms with E-state index in [9.17, 15) is 9.59 Å². The van der Waals surface area contributed by atoms with Gasteiger partial charge in [0.15, 0.2) is 0 Å². The molecule has 0 bridgehead atoms. The summed E-state index contributed by atoms with van der Waals surface area (Å²) in [5.74, 6) is -0.811. The Morgan fingerprint density at radius 2 is 1.89 bits per heavy atom. The van der Waals surface area contributed by atoms with E-state index in [4.69, 9.17) is 9.84 Å². The highest BCUT2D eigenvalue weighted by atomic mass is 16.5. The Morgan fingerprint density at radius 3 is 2.32 bits per heavy atom. The number of hydrogen-bond acceptors (Lipinski definition) is 3. The molecule has 0 fully saturated rings. The maximum atomic E-state index is 11.8.